The molecular weight excluding hydrogens is 413 g/mol. The van der Waals surface area contributed by atoms with Crippen LogP contribution in [0.15, 0.2) is 28.3 Å². The zero-order valence-corrected chi connectivity index (χ0v) is 15.9. The molecule has 0 fully saturated rings. The van der Waals surface area contributed by atoms with E-state index < -0.39 is 26.7 Å². The van der Waals surface area contributed by atoms with E-state index in [1.807, 2.05) is 6.92 Å². The van der Waals surface area contributed by atoms with E-state index in [1.54, 1.807) is 4.90 Å². The number of nitrogens with one attached hydrogen (secondary N) is 3. The molecule has 0 radical (unpaired) electrons. The number of nitrogens with two attached hydrogens (primary N) is 1. The minimum atomic E-state index is -4.94. The lowest BCUT2D eigenvalue weighted by atomic mass is 9.99. The minimum absolute atomic E-state index is 0.0235. The molecule has 0 saturated carbocycles. The van der Waals surface area contributed by atoms with Crippen molar-refractivity contribution in [2.45, 2.75) is 30.5 Å². The van der Waals surface area contributed by atoms with Crippen LogP contribution in [0, 0.1) is 0 Å². The molecule has 4 rings (SSSR count). The van der Waals surface area contributed by atoms with Crippen molar-refractivity contribution in [3.63, 3.8) is 0 Å². The number of hydrazine groups is 1. The third-order valence-electron chi connectivity index (χ3n) is 4.99. The lowest BCUT2D eigenvalue weighted by Gasteiger charge is -2.32. The second-order valence-electron chi connectivity index (χ2n) is 6.80. The van der Waals surface area contributed by atoms with Gasteiger partial charge in [-0.15, -0.1) is 5.10 Å². The van der Waals surface area contributed by atoms with Gasteiger partial charge >= 0.3 is 6.18 Å². The molecule has 1 unspecified atom stereocenters. The molecule has 14 heteroatoms. The van der Waals surface area contributed by atoms with Crippen molar-refractivity contribution in [3.05, 3.63) is 29.0 Å². The monoisotopic (exact) mass is 430 g/mol. The molecule has 2 aliphatic heterocycles. The molecule has 0 saturated heterocycles. The van der Waals surface area contributed by atoms with Crippen LogP contribution in [0.1, 0.15) is 18.9 Å². The van der Waals surface area contributed by atoms with Crippen molar-refractivity contribution in [1.82, 2.24) is 31.5 Å². The Morgan fingerprint density at radius 2 is 2.07 bits per heavy atom. The third kappa shape index (κ3) is 3.42. The van der Waals surface area contributed by atoms with Crippen LogP contribution >= 0.6 is 0 Å². The summed E-state index contributed by atoms with van der Waals surface area (Å²) in [6.45, 7) is 2.79. The summed E-state index contributed by atoms with van der Waals surface area (Å²) in [5, 5.41) is 18.0. The van der Waals surface area contributed by atoms with Gasteiger partial charge in [-0.2, -0.15) is 13.2 Å². The van der Waals surface area contributed by atoms with Gasteiger partial charge in [-0.05, 0) is 35.1 Å². The summed E-state index contributed by atoms with van der Waals surface area (Å²) in [7, 11) is -4.76. The van der Waals surface area contributed by atoms with Gasteiger partial charge in [-0.3, -0.25) is 0 Å². The molecule has 1 atom stereocenters. The number of aromatic amines is 1. The Morgan fingerprint density at radius 3 is 2.69 bits per heavy atom. The Morgan fingerprint density at radius 1 is 1.31 bits per heavy atom. The number of nitrogens with zero attached hydrogens (tertiary/aromatic N) is 4. The second kappa shape index (κ2) is 6.67. The normalized spacial score (nSPS) is 20.0. The number of primary sulfonamides is 1. The van der Waals surface area contributed by atoms with Gasteiger partial charge in [0.15, 0.2) is 5.82 Å². The van der Waals surface area contributed by atoms with Crippen molar-refractivity contribution in [1.29, 1.82) is 0 Å². The van der Waals surface area contributed by atoms with Crippen LogP contribution in [0.25, 0.3) is 11.4 Å². The third-order valence-corrected chi connectivity index (χ3v) is 5.98. The first-order valence-corrected chi connectivity index (χ1v) is 10.1. The molecule has 2 aromatic rings. The first kappa shape index (κ1) is 19.6. The number of aromatic nitrogens is 4. The highest BCUT2D eigenvalue weighted by Crippen LogP contribution is 2.43. The van der Waals surface area contributed by atoms with Crippen molar-refractivity contribution in [3.8, 4) is 11.4 Å². The van der Waals surface area contributed by atoms with Gasteiger partial charge in [-0.1, -0.05) is 0 Å². The summed E-state index contributed by atoms with van der Waals surface area (Å²) < 4.78 is 65.2. The van der Waals surface area contributed by atoms with Crippen molar-refractivity contribution >= 4 is 15.7 Å². The molecule has 29 heavy (non-hydrogen) atoms. The van der Waals surface area contributed by atoms with Crippen LogP contribution in [0.2, 0.25) is 0 Å². The van der Waals surface area contributed by atoms with Gasteiger partial charge in [-0.25, -0.2) is 24.1 Å². The van der Waals surface area contributed by atoms with Gasteiger partial charge in [0.05, 0.1) is 11.1 Å². The Hall–Kier alpha value is -2.71. The highest BCUT2D eigenvalue weighted by Gasteiger charge is 2.40. The van der Waals surface area contributed by atoms with Gasteiger partial charge in [0, 0.05) is 36.9 Å². The predicted molar refractivity (Wildman–Crippen MR) is 95.6 cm³/mol. The smallest absolute Gasteiger partial charge is 0.366 e. The highest BCUT2D eigenvalue weighted by molar-refractivity contribution is 7.89. The van der Waals surface area contributed by atoms with Crippen LogP contribution < -0.4 is 20.9 Å². The highest BCUT2D eigenvalue weighted by atomic mass is 32.2. The van der Waals surface area contributed by atoms with E-state index >= 15 is 0 Å². The van der Waals surface area contributed by atoms with E-state index in [0.29, 0.717) is 19.5 Å². The van der Waals surface area contributed by atoms with Gasteiger partial charge in [0.2, 0.25) is 10.0 Å². The summed E-state index contributed by atoms with van der Waals surface area (Å²) in [6, 6.07) is 1.97. The Labute approximate surface area is 163 Å². The average Bonchev–Trinajstić information content (AvgIpc) is 3.29. The fraction of sp³-hybridized carbons (Fsp3) is 0.400. The van der Waals surface area contributed by atoms with Crippen LogP contribution in [0.3, 0.4) is 0 Å². The number of anilines is 1. The first-order chi connectivity index (χ1) is 13.6. The fourth-order valence-corrected chi connectivity index (χ4v) is 4.64. The quantitative estimate of drug-likeness (QED) is 0.551. The maximum absolute atomic E-state index is 13.6. The molecule has 1 aromatic heterocycles. The summed E-state index contributed by atoms with van der Waals surface area (Å²) in [5.74, 6) is -0.217. The molecule has 0 amide bonds. The van der Waals surface area contributed by atoms with E-state index in [9.17, 15) is 21.6 Å². The number of sulfonamides is 1. The van der Waals surface area contributed by atoms with E-state index in [1.165, 1.54) is 6.07 Å². The molecule has 156 valence electrons. The number of hydrogen-bond donors (Lipinski definition) is 4. The molecule has 0 bridgehead atoms. The van der Waals surface area contributed by atoms with Crippen LogP contribution in [0.4, 0.5) is 18.9 Å². The SMILES string of the molecule is CC1NNC2=C1CN(c1ccc(C(F)(F)F)c(S(N)(=O)=O)c1-c1nnn[nH]1)CC2. The van der Waals surface area contributed by atoms with Gasteiger partial charge in [0.25, 0.3) is 0 Å². The molecular formula is C15H17F3N8O2S. The Kier molecular flexibility index (Phi) is 4.51. The summed E-state index contributed by atoms with van der Waals surface area (Å²) in [5.41, 5.74) is 6.80. The number of H-pyrrole nitrogens is 1. The van der Waals surface area contributed by atoms with E-state index in [2.05, 4.69) is 31.5 Å². The van der Waals surface area contributed by atoms with E-state index in [0.717, 1.165) is 17.3 Å². The maximum atomic E-state index is 13.6. The summed E-state index contributed by atoms with van der Waals surface area (Å²) in [6.07, 6.45) is -4.33. The number of alkyl halides is 3. The molecule has 10 nitrogen and oxygen atoms in total. The molecule has 0 aliphatic carbocycles. The summed E-state index contributed by atoms with van der Waals surface area (Å²) in [4.78, 5) is 0.730. The number of hydrogen-bond acceptors (Lipinski definition) is 8. The number of halogens is 3. The topological polar surface area (TPSA) is 142 Å². The zero-order chi connectivity index (χ0) is 21.0. The number of rotatable bonds is 3. The summed E-state index contributed by atoms with van der Waals surface area (Å²) >= 11 is 0. The van der Waals surface area contributed by atoms with Crippen molar-refractivity contribution in [2.24, 2.45) is 5.14 Å². The lowest BCUT2D eigenvalue weighted by Crippen LogP contribution is -2.35. The van der Waals surface area contributed by atoms with E-state index in [-0.39, 0.29) is 23.1 Å². The largest absolute Gasteiger partial charge is 0.417 e. The Balaban J connectivity index is 1.94. The van der Waals surface area contributed by atoms with E-state index in [4.69, 9.17) is 5.14 Å². The first-order valence-electron chi connectivity index (χ1n) is 8.57. The molecule has 3 heterocycles. The molecule has 2 aliphatic rings. The molecule has 5 N–H and O–H groups in total. The fourth-order valence-electron chi connectivity index (χ4n) is 3.67. The minimum Gasteiger partial charge on any atom is -0.366 e. The second-order valence-corrected chi connectivity index (χ2v) is 8.29. The number of benzene rings is 1. The zero-order valence-electron chi connectivity index (χ0n) is 15.1. The van der Waals surface area contributed by atoms with Gasteiger partial charge in [0.1, 0.15) is 4.90 Å². The van der Waals surface area contributed by atoms with Crippen molar-refractivity contribution < 1.29 is 21.6 Å². The van der Waals surface area contributed by atoms with Gasteiger partial charge < -0.3 is 10.3 Å². The maximum Gasteiger partial charge on any atom is 0.417 e. The predicted octanol–water partition coefficient (Wildman–Crippen LogP) is 0.493. The molecule has 0 spiro atoms. The van der Waals surface area contributed by atoms with Crippen molar-refractivity contribution in [2.75, 3.05) is 18.0 Å². The Bertz CT molecular complexity index is 1080. The van der Waals surface area contributed by atoms with Crippen LogP contribution in [-0.4, -0.2) is 48.2 Å². The standard InChI is InChI=1S/C15H17F3N8O2S/c1-7-8-6-26(5-4-10(8)21-20-7)11-3-2-9(15(16,17)18)13(29(19,27)28)12(11)14-22-24-25-23-14/h2-3,7,20-21H,4-6H2,1H3,(H2,19,27,28)(H,22,23,24,25). The van der Waals surface area contributed by atoms with Crippen LogP contribution in [-0.2, 0) is 16.2 Å². The number of tetrazole rings is 1. The lowest BCUT2D eigenvalue weighted by molar-refractivity contribution is -0.139. The molecule has 1 aromatic carbocycles. The average molecular weight is 430 g/mol. The van der Waals surface area contributed by atoms with Crippen LogP contribution in [0.5, 0.6) is 0 Å².